The summed E-state index contributed by atoms with van der Waals surface area (Å²) in [5.74, 6) is -0.245. The zero-order chi connectivity index (χ0) is 14.0. The number of aryl methyl sites for hydroxylation is 2. The molecule has 1 amide bonds. The number of rotatable bonds is 3. The van der Waals surface area contributed by atoms with Gasteiger partial charge in [-0.3, -0.25) is 9.48 Å². The van der Waals surface area contributed by atoms with Crippen molar-refractivity contribution in [3.63, 3.8) is 0 Å². The van der Waals surface area contributed by atoms with Crippen LogP contribution in [0, 0.1) is 6.92 Å². The summed E-state index contributed by atoms with van der Waals surface area (Å²) in [5.41, 5.74) is 7.40. The largest absolute Gasteiger partial charge is 0.395 e. The van der Waals surface area contributed by atoms with Crippen LogP contribution in [0.15, 0.2) is 0 Å². The smallest absolute Gasteiger partial charge is 0.272 e. The highest BCUT2D eigenvalue weighted by atomic mass is 16.3. The molecule has 1 heterocycles. The average molecular weight is 266 g/mol. The van der Waals surface area contributed by atoms with E-state index < -0.39 is 6.10 Å². The van der Waals surface area contributed by atoms with Gasteiger partial charge in [-0.15, -0.1) is 0 Å². The summed E-state index contributed by atoms with van der Waals surface area (Å²) < 4.78 is 1.61. The van der Waals surface area contributed by atoms with Gasteiger partial charge in [0.2, 0.25) is 0 Å². The molecule has 0 bridgehead atoms. The van der Waals surface area contributed by atoms with Crippen molar-refractivity contribution < 1.29 is 9.90 Å². The second-order valence-electron chi connectivity index (χ2n) is 5.10. The first-order chi connectivity index (χ1) is 9.04. The molecule has 6 heteroatoms. The van der Waals surface area contributed by atoms with Crippen molar-refractivity contribution in [2.45, 2.75) is 58.2 Å². The number of nitrogen functional groups attached to an aromatic ring is 1. The zero-order valence-electron chi connectivity index (χ0n) is 11.5. The summed E-state index contributed by atoms with van der Waals surface area (Å²) >= 11 is 0. The third-order valence-corrected chi connectivity index (χ3v) is 3.73. The fourth-order valence-corrected chi connectivity index (χ4v) is 2.58. The van der Waals surface area contributed by atoms with Gasteiger partial charge in [0.15, 0.2) is 0 Å². The maximum absolute atomic E-state index is 12.3. The van der Waals surface area contributed by atoms with Gasteiger partial charge in [-0.1, -0.05) is 12.8 Å². The Hall–Kier alpha value is -1.56. The molecule has 6 nitrogen and oxygen atoms in total. The molecule has 1 aromatic heterocycles. The number of nitrogens with one attached hydrogen (secondary N) is 1. The van der Waals surface area contributed by atoms with E-state index in [0.29, 0.717) is 23.6 Å². The van der Waals surface area contributed by atoms with Crippen LogP contribution in [-0.4, -0.2) is 32.9 Å². The number of anilines is 1. The van der Waals surface area contributed by atoms with Gasteiger partial charge >= 0.3 is 0 Å². The highest BCUT2D eigenvalue weighted by Crippen LogP contribution is 2.21. The number of amides is 1. The van der Waals surface area contributed by atoms with Gasteiger partial charge < -0.3 is 16.2 Å². The second kappa shape index (κ2) is 5.61. The molecule has 106 valence electrons. The number of aliphatic hydroxyl groups is 1. The number of carbonyl (C=O) groups excluding carboxylic acids is 1. The van der Waals surface area contributed by atoms with Gasteiger partial charge in [0.05, 0.1) is 23.5 Å². The van der Waals surface area contributed by atoms with Gasteiger partial charge in [-0.05, 0) is 26.7 Å². The van der Waals surface area contributed by atoms with Crippen LogP contribution in [0.1, 0.15) is 48.8 Å². The topological polar surface area (TPSA) is 93.2 Å². The minimum atomic E-state index is -0.460. The van der Waals surface area contributed by atoms with Crippen molar-refractivity contribution in [1.82, 2.24) is 15.1 Å². The van der Waals surface area contributed by atoms with Crippen LogP contribution in [0.25, 0.3) is 0 Å². The molecule has 1 saturated carbocycles. The van der Waals surface area contributed by atoms with Crippen LogP contribution >= 0.6 is 0 Å². The van der Waals surface area contributed by atoms with E-state index in [1.807, 2.05) is 6.92 Å². The number of aliphatic hydroxyl groups excluding tert-OH is 1. The molecular formula is C13H22N4O2. The molecule has 4 N–H and O–H groups in total. The molecule has 1 aliphatic carbocycles. The lowest BCUT2D eigenvalue weighted by Gasteiger charge is -2.28. The van der Waals surface area contributed by atoms with E-state index in [-0.39, 0.29) is 11.9 Å². The summed E-state index contributed by atoms with van der Waals surface area (Å²) in [6.07, 6.45) is 3.14. The summed E-state index contributed by atoms with van der Waals surface area (Å²) in [4.78, 5) is 12.3. The Morgan fingerprint density at radius 3 is 2.84 bits per heavy atom. The molecule has 0 spiro atoms. The Labute approximate surface area is 113 Å². The molecule has 1 aromatic rings. The van der Waals surface area contributed by atoms with Gasteiger partial charge in [0.25, 0.3) is 5.91 Å². The molecule has 2 atom stereocenters. The van der Waals surface area contributed by atoms with Crippen molar-refractivity contribution >= 4 is 11.6 Å². The van der Waals surface area contributed by atoms with Crippen LogP contribution in [0.5, 0.6) is 0 Å². The van der Waals surface area contributed by atoms with Gasteiger partial charge in [0, 0.05) is 6.54 Å². The van der Waals surface area contributed by atoms with Crippen molar-refractivity contribution in [2.75, 3.05) is 5.73 Å². The number of aromatic nitrogens is 2. The summed E-state index contributed by atoms with van der Waals surface area (Å²) in [7, 11) is 0. The van der Waals surface area contributed by atoms with Crippen LogP contribution < -0.4 is 11.1 Å². The predicted molar refractivity (Wildman–Crippen MR) is 72.8 cm³/mol. The Morgan fingerprint density at radius 2 is 2.21 bits per heavy atom. The first-order valence-electron chi connectivity index (χ1n) is 6.86. The number of carbonyl (C=O) groups is 1. The molecule has 1 fully saturated rings. The van der Waals surface area contributed by atoms with E-state index >= 15 is 0 Å². The maximum Gasteiger partial charge on any atom is 0.272 e. The minimum absolute atomic E-state index is 0.179. The van der Waals surface area contributed by atoms with Crippen LogP contribution in [0.2, 0.25) is 0 Å². The van der Waals surface area contributed by atoms with Crippen molar-refractivity contribution in [3.05, 3.63) is 11.4 Å². The lowest BCUT2D eigenvalue weighted by molar-refractivity contribution is 0.0710. The lowest BCUT2D eigenvalue weighted by Crippen LogP contribution is -2.45. The Balaban J connectivity index is 2.15. The van der Waals surface area contributed by atoms with Crippen molar-refractivity contribution in [3.8, 4) is 0 Å². The number of hydrogen-bond donors (Lipinski definition) is 3. The second-order valence-corrected chi connectivity index (χ2v) is 5.10. The molecule has 2 rings (SSSR count). The maximum atomic E-state index is 12.3. The quantitative estimate of drug-likeness (QED) is 0.755. The SMILES string of the molecule is CCn1nc(C)c(N)c1C(=O)NC1CCCCC1O. The van der Waals surface area contributed by atoms with Crippen molar-refractivity contribution in [1.29, 1.82) is 0 Å². The van der Waals surface area contributed by atoms with E-state index in [0.717, 1.165) is 25.7 Å². The highest BCUT2D eigenvalue weighted by Gasteiger charge is 2.27. The Kier molecular flexibility index (Phi) is 4.09. The molecule has 0 saturated heterocycles. The van der Waals surface area contributed by atoms with Crippen LogP contribution in [-0.2, 0) is 6.54 Å². The molecule has 0 aliphatic heterocycles. The highest BCUT2D eigenvalue weighted by molar-refractivity contribution is 5.98. The Bertz CT molecular complexity index is 469. The molecule has 19 heavy (non-hydrogen) atoms. The number of hydrogen-bond acceptors (Lipinski definition) is 4. The monoisotopic (exact) mass is 266 g/mol. The van der Waals surface area contributed by atoms with Crippen LogP contribution in [0.4, 0.5) is 5.69 Å². The predicted octanol–water partition coefficient (Wildman–Crippen LogP) is 0.827. The first-order valence-corrected chi connectivity index (χ1v) is 6.86. The van der Waals surface area contributed by atoms with Gasteiger partial charge in [-0.25, -0.2) is 0 Å². The van der Waals surface area contributed by atoms with E-state index in [1.165, 1.54) is 0 Å². The fraction of sp³-hybridized carbons (Fsp3) is 0.692. The fourth-order valence-electron chi connectivity index (χ4n) is 2.58. The normalized spacial score (nSPS) is 23.3. The van der Waals surface area contributed by atoms with E-state index in [9.17, 15) is 9.90 Å². The van der Waals surface area contributed by atoms with E-state index in [4.69, 9.17) is 5.73 Å². The molecule has 0 aromatic carbocycles. The van der Waals surface area contributed by atoms with Crippen LogP contribution in [0.3, 0.4) is 0 Å². The molecule has 0 radical (unpaired) electrons. The van der Waals surface area contributed by atoms with Gasteiger partial charge in [0.1, 0.15) is 5.69 Å². The molecule has 1 aliphatic rings. The van der Waals surface area contributed by atoms with E-state index in [2.05, 4.69) is 10.4 Å². The van der Waals surface area contributed by atoms with Crippen molar-refractivity contribution in [2.24, 2.45) is 0 Å². The third kappa shape index (κ3) is 2.73. The average Bonchev–Trinajstić information content (AvgIpc) is 2.68. The van der Waals surface area contributed by atoms with Gasteiger partial charge in [-0.2, -0.15) is 5.10 Å². The summed E-state index contributed by atoms with van der Waals surface area (Å²) in [6, 6.07) is -0.179. The zero-order valence-corrected chi connectivity index (χ0v) is 11.5. The molecular weight excluding hydrogens is 244 g/mol. The number of nitrogens with zero attached hydrogens (tertiary/aromatic N) is 2. The number of nitrogens with two attached hydrogens (primary N) is 1. The Morgan fingerprint density at radius 1 is 1.53 bits per heavy atom. The van der Waals surface area contributed by atoms with E-state index in [1.54, 1.807) is 11.6 Å². The lowest BCUT2D eigenvalue weighted by atomic mass is 9.92. The summed E-state index contributed by atoms with van der Waals surface area (Å²) in [5, 5.41) is 17.0. The first kappa shape index (κ1) is 13.9. The third-order valence-electron chi connectivity index (χ3n) is 3.73. The molecule has 2 unspecified atom stereocenters. The minimum Gasteiger partial charge on any atom is -0.395 e. The summed E-state index contributed by atoms with van der Waals surface area (Å²) in [6.45, 7) is 4.29. The standard InChI is InChI=1S/C13H22N4O2/c1-3-17-12(11(14)8(2)16-17)13(19)15-9-6-4-5-7-10(9)18/h9-10,18H,3-7,14H2,1-2H3,(H,15,19).